The van der Waals surface area contributed by atoms with Crippen LogP contribution < -0.4 is 26.8 Å². The van der Waals surface area contributed by atoms with Crippen LogP contribution in [0.2, 0.25) is 0 Å². The fourth-order valence-corrected chi connectivity index (χ4v) is 5.55. The lowest BCUT2D eigenvalue weighted by molar-refractivity contribution is 0.265. The van der Waals surface area contributed by atoms with Gasteiger partial charge in [-0.2, -0.15) is 0 Å². The molecule has 0 saturated carbocycles. The molecule has 0 aliphatic carbocycles. The van der Waals surface area contributed by atoms with Crippen molar-refractivity contribution in [1.82, 2.24) is 26.1 Å². The molecular formula is C22H30BrN7. The average Bonchev–Trinajstić information content (AvgIpc) is 3.08. The lowest BCUT2D eigenvalue weighted by atomic mass is 9.81. The molecule has 3 saturated heterocycles. The Morgan fingerprint density at radius 1 is 1.13 bits per heavy atom. The molecule has 8 heteroatoms. The maximum absolute atomic E-state index is 6.19. The summed E-state index contributed by atoms with van der Waals surface area (Å²) >= 11 is 3.74. The molecular weight excluding hydrogens is 442 g/mol. The molecule has 4 unspecified atom stereocenters. The molecule has 3 fully saturated rings. The lowest BCUT2D eigenvalue weighted by Gasteiger charge is -2.34. The standard InChI is InChI=1S/C22H30BrN7/c23-17-5-6-18(27-22(17)30-9-2-4-15(24)7-10-30)21-16-11-19(14-3-1-8-25-12-14)26-13-20(16)28-29-21/h1,3,5-6,8,12,15-16,19-21,26,28-29H,2,4,7,9-11,13,24H2/t15-,16?,19?,20?,21?/m0/s1. The SMILES string of the molecule is N[C@H]1CCCN(c2nc(C3NNC4CNC(c5cccnc5)CC43)ccc2Br)CC1. The van der Waals surface area contributed by atoms with E-state index >= 15 is 0 Å². The Morgan fingerprint density at radius 3 is 2.93 bits per heavy atom. The van der Waals surface area contributed by atoms with E-state index in [0.717, 1.165) is 61.3 Å². The van der Waals surface area contributed by atoms with Crippen molar-refractivity contribution < 1.29 is 0 Å². The minimum Gasteiger partial charge on any atom is -0.356 e. The van der Waals surface area contributed by atoms with Crippen LogP contribution in [0.3, 0.4) is 0 Å². The minimum absolute atomic E-state index is 0.192. The van der Waals surface area contributed by atoms with Gasteiger partial charge in [0.25, 0.3) is 0 Å². The third-order valence-corrected chi connectivity index (χ3v) is 7.41. The van der Waals surface area contributed by atoms with Gasteiger partial charge in [0.2, 0.25) is 0 Å². The Kier molecular flexibility index (Phi) is 6.02. The topological polar surface area (TPSA) is 91.1 Å². The number of pyridine rings is 2. The van der Waals surface area contributed by atoms with Crippen LogP contribution in [0.15, 0.2) is 41.1 Å². The van der Waals surface area contributed by atoms with E-state index < -0.39 is 0 Å². The smallest absolute Gasteiger partial charge is 0.143 e. The highest BCUT2D eigenvalue weighted by molar-refractivity contribution is 9.10. The van der Waals surface area contributed by atoms with Gasteiger partial charge in [0.15, 0.2) is 0 Å². The van der Waals surface area contributed by atoms with Crippen LogP contribution >= 0.6 is 15.9 Å². The zero-order chi connectivity index (χ0) is 20.5. The number of nitrogens with two attached hydrogens (primary N) is 1. The van der Waals surface area contributed by atoms with E-state index in [1.165, 1.54) is 5.56 Å². The summed E-state index contributed by atoms with van der Waals surface area (Å²) in [6, 6.07) is 9.70. The highest BCUT2D eigenvalue weighted by Gasteiger charge is 2.42. The molecule has 0 radical (unpaired) electrons. The minimum atomic E-state index is 0.192. The molecule has 2 aromatic rings. The van der Waals surface area contributed by atoms with Gasteiger partial charge >= 0.3 is 0 Å². The number of fused-ring (bicyclic) bond motifs is 1. The molecule has 0 amide bonds. The Labute approximate surface area is 186 Å². The lowest BCUT2D eigenvalue weighted by Crippen LogP contribution is -2.46. The van der Waals surface area contributed by atoms with Gasteiger partial charge < -0.3 is 16.0 Å². The van der Waals surface area contributed by atoms with Gasteiger partial charge in [-0.05, 0) is 65.4 Å². The van der Waals surface area contributed by atoms with Crippen molar-refractivity contribution in [2.24, 2.45) is 11.7 Å². The summed E-state index contributed by atoms with van der Waals surface area (Å²) in [7, 11) is 0. The molecule has 0 bridgehead atoms. The second-order valence-electron chi connectivity index (χ2n) is 8.74. The Morgan fingerprint density at radius 2 is 2.07 bits per heavy atom. The molecule has 3 aliphatic rings. The van der Waals surface area contributed by atoms with Crippen LogP contribution in [0.25, 0.3) is 0 Å². The average molecular weight is 472 g/mol. The summed E-state index contributed by atoms with van der Waals surface area (Å²) in [4.78, 5) is 11.8. The molecule has 5 rings (SSSR count). The van der Waals surface area contributed by atoms with Gasteiger partial charge in [0, 0.05) is 56.1 Å². The summed E-state index contributed by atoms with van der Waals surface area (Å²) in [5, 5.41) is 3.67. The van der Waals surface area contributed by atoms with E-state index in [1.54, 1.807) is 0 Å². The number of piperidine rings is 1. The van der Waals surface area contributed by atoms with E-state index in [9.17, 15) is 0 Å². The molecule has 0 spiro atoms. The molecule has 5 N–H and O–H groups in total. The number of nitrogens with zero attached hydrogens (tertiary/aromatic N) is 3. The quantitative estimate of drug-likeness (QED) is 0.546. The molecule has 7 nitrogen and oxygen atoms in total. The second-order valence-corrected chi connectivity index (χ2v) is 9.59. The molecule has 5 heterocycles. The van der Waals surface area contributed by atoms with Crippen molar-refractivity contribution >= 4 is 21.7 Å². The number of hydrogen-bond donors (Lipinski definition) is 4. The van der Waals surface area contributed by atoms with Crippen LogP contribution in [0, 0.1) is 5.92 Å². The van der Waals surface area contributed by atoms with Gasteiger partial charge in [-0.25, -0.2) is 10.4 Å². The first-order valence-electron chi connectivity index (χ1n) is 11.0. The molecule has 5 atom stereocenters. The van der Waals surface area contributed by atoms with E-state index in [4.69, 9.17) is 10.7 Å². The Balaban J connectivity index is 1.37. The van der Waals surface area contributed by atoms with Crippen molar-refractivity contribution in [1.29, 1.82) is 0 Å². The largest absolute Gasteiger partial charge is 0.356 e. The summed E-state index contributed by atoms with van der Waals surface area (Å²) in [5.74, 6) is 1.51. The predicted octanol–water partition coefficient (Wildman–Crippen LogP) is 2.43. The van der Waals surface area contributed by atoms with Crippen LogP contribution in [0.4, 0.5) is 5.82 Å². The zero-order valence-electron chi connectivity index (χ0n) is 17.1. The molecule has 2 aromatic heterocycles. The third kappa shape index (κ3) is 4.11. The van der Waals surface area contributed by atoms with Crippen molar-refractivity contribution in [2.75, 3.05) is 24.5 Å². The van der Waals surface area contributed by atoms with E-state index in [0.29, 0.717) is 24.0 Å². The Bertz CT molecular complexity index is 864. The van der Waals surface area contributed by atoms with E-state index in [-0.39, 0.29) is 6.04 Å². The van der Waals surface area contributed by atoms with Crippen molar-refractivity contribution in [3.63, 3.8) is 0 Å². The fourth-order valence-electron chi connectivity index (χ4n) is 5.07. The second kappa shape index (κ2) is 8.88. The Hall–Kier alpha value is -1.58. The van der Waals surface area contributed by atoms with Gasteiger partial charge in [0.05, 0.1) is 16.2 Å². The van der Waals surface area contributed by atoms with Crippen LogP contribution in [0.5, 0.6) is 0 Å². The van der Waals surface area contributed by atoms with Gasteiger partial charge in [0.1, 0.15) is 5.82 Å². The molecule has 3 aliphatic heterocycles. The summed E-state index contributed by atoms with van der Waals surface area (Å²) in [6.45, 7) is 2.91. The van der Waals surface area contributed by atoms with Crippen molar-refractivity contribution in [2.45, 2.75) is 49.9 Å². The van der Waals surface area contributed by atoms with Crippen LogP contribution in [-0.4, -0.2) is 41.7 Å². The zero-order valence-corrected chi connectivity index (χ0v) is 18.7. The highest BCUT2D eigenvalue weighted by atomic mass is 79.9. The maximum atomic E-state index is 6.19. The predicted molar refractivity (Wildman–Crippen MR) is 122 cm³/mol. The monoisotopic (exact) mass is 471 g/mol. The number of hydrazine groups is 1. The van der Waals surface area contributed by atoms with Gasteiger partial charge in [-0.1, -0.05) is 6.07 Å². The summed E-state index contributed by atoms with van der Waals surface area (Å²) < 4.78 is 1.06. The van der Waals surface area contributed by atoms with Crippen molar-refractivity contribution in [3.05, 3.63) is 52.4 Å². The fraction of sp³-hybridized carbons (Fsp3) is 0.545. The van der Waals surface area contributed by atoms with Crippen LogP contribution in [0.1, 0.15) is 49.0 Å². The van der Waals surface area contributed by atoms with Crippen LogP contribution in [-0.2, 0) is 0 Å². The molecule has 160 valence electrons. The number of anilines is 1. The van der Waals surface area contributed by atoms with Crippen molar-refractivity contribution in [3.8, 4) is 0 Å². The highest BCUT2D eigenvalue weighted by Crippen LogP contribution is 2.39. The first kappa shape index (κ1) is 20.3. The third-order valence-electron chi connectivity index (χ3n) is 6.79. The molecule has 0 aromatic carbocycles. The summed E-state index contributed by atoms with van der Waals surface area (Å²) in [6.07, 6.45) is 8.08. The number of rotatable bonds is 3. The van der Waals surface area contributed by atoms with Gasteiger partial charge in [-0.3, -0.25) is 10.4 Å². The van der Waals surface area contributed by atoms with E-state index in [2.05, 4.69) is 60.2 Å². The first-order valence-corrected chi connectivity index (χ1v) is 11.8. The first-order chi connectivity index (χ1) is 14.7. The number of hydrogen-bond acceptors (Lipinski definition) is 7. The normalized spacial score (nSPS) is 31.9. The number of halogens is 1. The maximum Gasteiger partial charge on any atom is 0.143 e. The number of aromatic nitrogens is 2. The molecule has 30 heavy (non-hydrogen) atoms. The van der Waals surface area contributed by atoms with Gasteiger partial charge in [-0.15, -0.1) is 0 Å². The number of nitrogens with one attached hydrogen (secondary N) is 3. The van der Waals surface area contributed by atoms with E-state index in [1.807, 2.05) is 18.5 Å². The summed E-state index contributed by atoms with van der Waals surface area (Å²) in [5.41, 5.74) is 15.6.